The van der Waals surface area contributed by atoms with E-state index in [-0.39, 0.29) is 30.8 Å². The third kappa shape index (κ3) is 10.9. The molecular weight excluding hydrogens is 694 g/mol. The van der Waals surface area contributed by atoms with Gasteiger partial charge in [0.2, 0.25) is 0 Å². The van der Waals surface area contributed by atoms with Crippen LogP contribution in [0.4, 0.5) is 0 Å². The summed E-state index contributed by atoms with van der Waals surface area (Å²) in [6.07, 6.45) is -6.22. The zero-order valence-electron chi connectivity index (χ0n) is 34.0. The first-order chi connectivity index (χ1) is 24.1. The van der Waals surface area contributed by atoms with Gasteiger partial charge in [-0.1, -0.05) is 34.6 Å². The van der Waals surface area contributed by atoms with Crippen molar-refractivity contribution in [3.63, 3.8) is 0 Å². The number of aliphatic hydroxyl groups excluding tert-OH is 3. The van der Waals surface area contributed by atoms with E-state index in [0.29, 0.717) is 12.8 Å². The number of methoxy groups -OCH3 is 1. The molecule has 0 radical (unpaired) electrons. The molecule has 0 aliphatic carbocycles. The fourth-order valence-corrected chi connectivity index (χ4v) is 8.36. The number of hydrogen-bond acceptors (Lipinski definition) is 14. The summed E-state index contributed by atoms with van der Waals surface area (Å²) >= 11 is 3.53. The van der Waals surface area contributed by atoms with E-state index in [2.05, 4.69) is 12.6 Å². The summed E-state index contributed by atoms with van der Waals surface area (Å²) in [5, 5.41) is 46.0. The lowest BCUT2D eigenvalue weighted by atomic mass is 9.74. The molecule has 0 spiro atoms. The maximum Gasteiger partial charge on any atom is 0.311 e. The third-order valence-electron chi connectivity index (χ3n) is 11.8. The normalized spacial score (nSPS) is 47.2. The molecule has 4 N–H and O–H groups in total. The van der Waals surface area contributed by atoms with Crippen molar-refractivity contribution < 1.29 is 58.4 Å². The summed E-state index contributed by atoms with van der Waals surface area (Å²) in [7, 11) is 5.23. The Kier molecular flexibility index (Phi) is 18.0. The van der Waals surface area contributed by atoms with Crippen molar-refractivity contribution in [2.24, 2.45) is 29.6 Å². The summed E-state index contributed by atoms with van der Waals surface area (Å²) in [6.45, 7) is 17.4. The predicted octanol–water partition coefficient (Wildman–Crippen LogP) is 3.22. The number of esters is 1. The minimum atomic E-state index is -1.72. The fourth-order valence-electron chi connectivity index (χ4n) is 8.36. The summed E-state index contributed by atoms with van der Waals surface area (Å²) in [5.41, 5.74) is -2.73. The number of thiol groups is 1. The van der Waals surface area contributed by atoms with Crippen LogP contribution in [0.2, 0.25) is 0 Å². The Balaban J connectivity index is 0.00000460. The van der Waals surface area contributed by atoms with Crippen LogP contribution in [0.5, 0.6) is 0 Å². The van der Waals surface area contributed by atoms with Crippen LogP contribution in [0, 0.1) is 29.6 Å². The SMILES string of the molecule is CCC1OC(=O)C(C)C(OC2CC(C)(OC)C(O)C(C)O2)C(C)C(OC2OC(C)CC(N(C)C)C2O)C(C)(O)CC(C)C(=O)C(C)C(O)C1C.CS. The van der Waals surface area contributed by atoms with Crippen LogP contribution in [0.1, 0.15) is 94.9 Å². The lowest BCUT2D eigenvalue weighted by molar-refractivity contribution is -0.317. The van der Waals surface area contributed by atoms with Crippen molar-refractivity contribution >= 4 is 24.4 Å². The zero-order valence-corrected chi connectivity index (χ0v) is 34.9. The molecule has 14 heteroatoms. The van der Waals surface area contributed by atoms with Gasteiger partial charge in [-0.3, -0.25) is 9.59 Å². The Hall–Kier alpha value is -0.910. The Bertz CT molecular complexity index is 1130. The number of nitrogens with zero attached hydrogens (tertiary/aromatic N) is 1. The highest BCUT2D eigenvalue weighted by Gasteiger charge is 2.52. The second-order valence-electron chi connectivity index (χ2n) is 16.2. The largest absolute Gasteiger partial charge is 0.462 e. The highest BCUT2D eigenvalue weighted by Crippen LogP contribution is 2.40. The van der Waals surface area contributed by atoms with E-state index >= 15 is 0 Å². The molecule has 0 amide bonds. The van der Waals surface area contributed by atoms with Gasteiger partial charge in [0, 0.05) is 43.2 Å². The first kappa shape index (κ1) is 47.2. The smallest absolute Gasteiger partial charge is 0.311 e. The van der Waals surface area contributed by atoms with Crippen molar-refractivity contribution in [1.82, 2.24) is 4.90 Å². The van der Waals surface area contributed by atoms with Gasteiger partial charge in [-0.05, 0) is 74.2 Å². The lowest BCUT2D eigenvalue weighted by Crippen LogP contribution is -2.60. The highest BCUT2D eigenvalue weighted by atomic mass is 32.1. The van der Waals surface area contributed by atoms with Gasteiger partial charge >= 0.3 is 5.97 Å². The molecule has 3 fully saturated rings. The number of hydrogen-bond donors (Lipinski definition) is 5. The summed E-state index contributed by atoms with van der Waals surface area (Å²) in [4.78, 5) is 29.7. The van der Waals surface area contributed by atoms with Crippen LogP contribution < -0.4 is 0 Å². The highest BCUT2D eigenvalue weighted by molar-refractivity contribution is 7.79. The second-order valence-corrected chi connectivity index (χ2v) is 16.2. The molecule has 0 bridgehead atoms. The van der Waals surface area contributed by atoms with Gasteiger partial charge in [0.1, 0.15) is 24.1 Å². The maximum absolute atomic E-state index is 14.0. The maximum atomic E-state index is 14.0. The van der Waals surface area contributed by atoms with Crippen molar-refractivity contribution in [1.29, 1.82) is 0 Å². The zero-order chi connectivity index (χ0) is 40.0. The van der Waals surface area contributed by atoms with Crippen LogP contribution in [0.25, 0.3) is 0 Å². The number of Topliss-reactive ketones (excluding diaryl/α,β-unsaturated/α-hetero) is 1. The molecule has 13 nitrogen and oxygen atoms in total. The van der Waals surface area contributed by atoms with Gasteiger partial charge in [-0.25, -0.2) is 0 Å². The lowest BCUT2D eigenvalue weighted by Gasteiger charge is -2.49. The van der Waals surface area contributed by atoms with E-state index in [4.69, 9.17) is 28.4 Å². The molecule has 0 saturated carbocycles. The standard InChI is InChI=1S/C37H67NO12.CH4S/c1-14-26-20(4)29(40)21(5)28(39)18(2)16-36(9,44)33(50-35-30(41)25(38(11)12)15-19(3)46-35)22(6)31(23(7)34(43)48-26)49-27-17-37(10,45-13)32(42)24(8)47-27;1-2/h18-27,29-33,35,40-42,44H,14-17H2,1-13H3;2H,1H3. The average Bonchev–Trinajstić information content (AvgIpc) is 3.09. The monoisotopic (exact) mass is 765 g/mol. The molecule has 52 heavy (non-hydrogen) atoms. The molecular formula is C38H71NO12S. The number of carbonyl (C=O) groups excluding carboxylic acids is 2. The van der Waals surface area contributed by atoms with Crippen LogP contribution in [0.15, 0.2) is 0 Å². The van der Waals surface area contributed by atoms with E-state index in [9.17, 15) is 30.0 Å². The predicted molar refractivity (Wildman–Crippen MR) is 200 cm³/mol. The van der Waals surface area contributed by atoms with E-state index in [1.807, 2.05) is 32.8 Å². The molecule has 3 heterocycles. The summed E-state index contributed by atoms with van der Waals surface area (Å²) < 4.78 is 37.3. The van der Waals surface area contributed by atoms with Crippen molar-refractivity contribution in [2.75, 3.05) is 27.5 Å². The van der Waals surface area contributed by atoms with E-state index in [1.165, 1.54) is 7.11 Å². The van der Waals surface area contributed by atoms with Gasteiger partial charge in [0.25, 0.3) is 0 Å². The molecule has 0 aromatic heterocycles. The Morgan fingerprint density at radius 3 is 2.02 bits per heavy atom. The number of ether oxygens (including phenoxy) is 6. The Morgan fingerprint density at radius 2 is 1.48 bits per heavy atom. The Labute approximate surface area is 317 Å². The average molecular weight is 766 g/mol. The Morgan fingerprint density at radius 1 is 0.885 bits per heavy atom. The van der Waals surface area contributed by atoms with E-state index < -0.39 is 102 Å². The molecule has 0 aromatic carbocycles. The van der Waals surface area contributed by atoms with Crippen molar-refractivity contribution in [3.05, 3.63) is 0 Å². The second kappa shape index (κ2) is 19.8. The minimum absolute atomic E-state index is 0.0462. The number of likely N-dealkylation sites (N-methyl/N-ethyl adjacent to an activating group) is 1. The van der Waals surface area contributed by atoms with Crippen molar-refractivity contribution in [2.45, 2.75) is 174 Å². The van der Waals surface area contributed by atoms with Crippen LogP contribution in [-0.2, 0) is 38.0 Å². The molecule has 3 aliphatic rings. The van der Waals surface area contributed by atoms with Crippen LogP contribution in [0.3, 0.4) is 0 Å². The number of ketones is 1. The molecule has 3 saturated heterocycles. The molecule has 3 aliphatic heterocycles. The van der Waals surface area contributed by atoms with Gasteiger partial charge < -0.3 is 53.7 Å². The molecule has 3 rings (SSSR count). The summed E-state index contributed by atoms with van der Waals surface area (Å²) in [6, 6.07) is -0.297. The third-order valence-corrected chi connectivity index (χ3v) is 11.8. The van der Waals surface area contributed by atoms with Crippen LogP contribution >= 0.6 is 12.6 Å². The number of carbonyl (C=O) groups is 2. The molecule has 0 aromatic rings. The number of rotatable bonds is 7. The van der Waals surface area contributed by atoms with Gasteiger partial charge in [-0.2, -0.15) is 12.6 Å². The van der Waals surface area contributed by atoms with Gasteiger partial charge in [-0.15, -0.1) is 0 Å². The van der Waals surface area contributed by atoms with Gasteiger partial charge in [0.15, 0.2) is 12.6 Å². The molecule has 18 atom stereocenters. The first-order valence-corrected chi connectivity index (χ1v) is 19.8. The quantitative estimate of drug-likeness (QED) is 0.189. The van der Waals surface area contributed by atoms with E-state index in [0.717, 1.165) is 0 Å². The molecule has 18 unspecified atom stereocenters. The van der Waals surface area contributed by atoms with Crippen molar-refractivity contribution in [3.8, 4) is 0 Å². The summed E-state index contributed by atoms with van der Waals surface area (Å²) in [5.74, 6) is -4.59. The molecule has 306 valence electrons. The first-order valence-electron chi connectivity index (χ1n) is 18.9. The van der Waals surface area contributed by atoms with E-state index in [1.54, 1.807) is 61.6 Å². The topological polar surface area (TPSA) is 174 Å². The van der Waals surface area contributed by atoms with Gasteiger partial charge in [0.05, 0.1) is 47.6 Å². The minimum Gasteiger partial charge on any atom is -0.462 e. The fraction of sp³-hybridized carbons (Fsp3) is 0.947. The number of cyclic esters (lactones) is 1. The number of aliphatic hydroxyl groups is 4. The van der Waals surface area contributed by atoms with Crippen LogP contribution in [-0.4, -0.2) is 143 Å².